The first kappa shape index (κ1) is 53.1. The molecule has 84 heavy (non-hydrogen) atoms. The summed E-state index contributed by atoms with van der Waals surface area (Å²) in [5, 5.41) is 0. The summed E-state index contributed by atoms with van der Waals surface area (Å²) >= 11 is 1.79. The van der Waals surface area contributed by atoms with E-state index in [0.717, 1.165) is 79.3 Å². The Morgan fingerprint density at radius 2 is 0.679 bits per heavy atom. The number of nitrogens with zero attached hydrogens (tertiary/aromatic N) is 3. The van der Waals surface area contributed by atoms with Gasteiger partial charge in [0, 0.05) is 57.6 Å². The molecule has 0 fully saturated rings. The van der Waals surface area contributed by atoms with Crippen LogP contribution in [0.15, 0.2) is 146 Å². The summed E-state index contributed by atoms with van der Waals surface area (Å²) in [6.45, 7) is 33.8. The number of ether oxygens (including phenoxy) is 3. The summed E-state index contributed by atoms with van der Waals surface area (Å²) in [5.41, 5.74) is 28.7. The van der Waals surface area contributed by atoms with Crippen LogP contribution in [0.1, 0.15) is 122 Å². The quantitative estimate of drug-likeness (QED) is 0.129. The van der Waals surface area contributed by atoms with Crippen molar-refractivity contribution in [2.45, 2.75) is 126 Å². The molecule has 10 heteroatoms. The monoisotopic (exact) mass is 1120 g/mol. The molecular weight excluding hydrogens is 1040 g/mol. The van der Waals surface area contributed by atoms with E-state index < -0.39 is 0 Å². The topological polar surface area (TPSA) is 37.4 Å². The Hall–Kier alpha value is -7.68. The molecule has 0 spiro atoms. The summed E-state index contributed by atoms with van der Waals surface area (Å²) < 4.78 is 23.9. The average molecular weight is 1120 g/mol. The fourth-order valence-electron chi connectivity index (χ4n) is 14.5. The minimum absolute atomic E-state index is 0.00209. The minimum Gasteiger partial charge on any atom is -0.458 e. The molecule has 0 aliphatic carbocycles. The van der Waals surface area contributed by atoms with Crippen molar-refractivity contribution in [1.82, 2.24) is 0 Å². The Morgan fingerprint density at radius 3 is 1.18 bits per heavy atom. The second kappa shape index (κ2) is 17.9. The summed E-state index contributed by atoms with van der Waals surface area (Å²) in [6, 6.07) is 56.4. The Labute approximate surface area is 502 Å². The van der Waals surface area contributed by atoms with Gasteiger partial charge in [0.2, 0.25) is 0 Å². The molecule has 0 bridgehead atoms. The maximum atomic E-state index is 7.33. The van der Waals surface area contributed by atoms with Crippen LogP contribution in [0.2, 0.25) is 0 Å². The highest BCUT2D eigenvalue weighted by Crippen LogP contribution is 2.49. The van der Waals surface area contributed by atoms with Gasteiger partial charge in [0.1, 0.15) is 34.5 Å². The van der Waals surface area contributed by atoms with E-state index in [4.69, 9.17) is 14.2 Å². The molecule has 0 saturated heterocycles. The van der Waals surface area contributed by atoms with Gasteiger partial charge in [-0.2, -0.15) is 0 Å². The molecule has 0 saturated carbocycles. The molecule has 0 atom stereocenters. The molecule has 0 unspecified atom stereocenters. The maximum absolute atomic E-state index is 7.33. The van der Waals surface area contributed by atoms with E-state index in [9.17, 15) is 0 Å². The first-order valence-corrected chi connectivity index (χ1v) is 31.3. The zero-order valence-electron chi connectivity index (χ0n) is 51.6. The van der Waals surface area contributed by atoms with Gasteiger partial charge in [-0.3, -0.25) is 4.31 Å². The van der Waals surface area contributed by atoms with Crippen LogP contribution in [0.4, 0.5) is 45.5 Å². The van der Waals surface area contributed by atoms with Crippen molar-refractivity contribution in [3.8, 4) is 34.5 Å². The van der Waals surface area contributed by atoms with Gasteiger partial charge in [-0.25, -0.2) is 0 Å². The van der Waals surface area contributed by atoms with Crippen LogP contribution in [0.5, 0.6) is 34.5 Å². The molecule has 6 aliphatic rings. The molecule has 0 aromatic heterocycles. The van der Waals surface area contributed by atoms with Gasteiger partial charge in [0.05, 0.1) is 5.69 Å². The standard InChI is InChI=1S/C74H72B3N3O3S/c1-41-29-59-68-61(31-41)80(84-16)58-39-56-50(76-53-35-46(73(10,11)12)21-27-62(53)81-65-32-42(2)30-60(69(65)76)78(56)48-23-17-44(18-24-48)71(4,5)6)37-52(58)75(68)51-38-55-64(40-57(51)79(59)49-25-19-45(20-26-49)72(7,8)9)83-67-34-43(3)33-66-70(67)77(55)54-36-47(74(13,14)15)22-28-63(54)82-66/h17-40H,1-16H3. The summed E-state index contributed by atoms with van der Waals surface area (Å²) in [4.78, 5) is 5.08. The summed E-state index contributed by atoms with van der Waals surface area (Å²) in [5.74, 6) is 5.33. The Kier molecular flexibility index (Phi) is 11.3. The third-order valence-corrected chi connectivity index (χ3v) is 19.6. The smallest absolute Gasteiger partial charge is 0.260 e. The number of rotatable bonds is 3. The minimum atomic E-state index is -0.164. The zero-order chi connectivity index (χ0) is 58.6. The predicted molar refractivity (Wildman–Crippen MR) is 360 cm³/mol. The third kappa shape index (κ3) is 7.94. The fourth-order valence-corrected chi connectivity index (χ4v) is 15.2. The highest BCUT2D eigenvalue weighted by molar-refractivity contribution is 8.00. The van der Waals surface area contributed by atoms with Crippen molar-refractivity contribution in [2.75, 3.05) is 20.4 Å². The van der Waals surface area contributed by atoms with Gasteiger partial charge < -0.3 is 24.0 Å². The van der Waals surface area contributed by atoms with Crippen LogP contribution < -0.4 is 77.5 Å². The molecule has 6 nitrogen and oxygen atoms in total. The lowest BCUT2D eigenvalue weighted by Gasteiger charge is -2.46. The zero-order valence-corrected chi connectivity index (χ0v) is 52.4. The molecule has 0 amide bonds. The Morgan fingerprint density at radius 1 is 0.310 bits per heavy atom. The van der Waals surface area contributed by atoms with Crippen molar-refractivity contribution >= 4 is 127 Å². The largest absolute Gasteiger partial charge is 0.458 e. The van der Waals surface area contributed by atoms with Gasteiger partial charge in [-0.05, 0) is 216 Å². The van der Waals surface area contributed by atoms with E-state index in [1.165, 1.54) is 88.8 Å². The predicted octanol–water partition coefficient (Wildman–Crippen LogP) is 14.0. The van der Waals surface area contributed by atoms with E-state index in [1.807, 2.05) is 0 Å². The van der Waals surface area contributed by atoms with E-state index in [2.05, 4.69) is 270 Å². The lowest BCUT2D eigenvalue weighted by Crippen LogP contribution is -2.65. The van der Waals surface area contributed by atoms with Crippen molar-refractivity contribution in [2.24, 2.45) is 0 Å². The number of fused-ring (bicyclic) bond motifs is 12. The molecule has 15 rings (SSSR count). The van der Waals surface area contributed by atoms with Crippen LogP contribution in [-0.4, -0.2) is 26.4 Å². The van der Waals surface area contributed by atoms with Crippen molar-refractivity contribution in [3.05, 3.63) is 185 Å². The second-order valence-electron chi connectivity index (χ2n) is 28.9. The first-order chi connectivity index (χ1) is 39.8. The van der Waals surface area contributed by atoms with E-state index in [1.54, 1.807) is 11.9 Å². The SMILES string of the molecule is CSN1c2cc3c(cc2B2c4cc5c(cc4N(c4ccc(C(C)(C)C)cc4)c4cc(C)cc1c42)Oc1cc(C)cc2c1B5c1cc(C(C)(C)C)ccc1O2)B1c2cc(C(C)(C)C)ccc2Oc2cc(C)cc(c21)N3c1ccc(C(C)(C)C)cc1. The molecular formula is C74H72B3N3O3S. The van der Waals surface area contributed by atoms with Crippen molar-refractivity contribution in [1.29, 1.82) is 0 Å². The first-order valence-electron chi connectivity index (χ1n) is 30.1. The Bertz CT molecular complexity index is 4330. The molecule has 9 aromatic carbocycles. The third-order valence-electron chi connectivity index (χ3n) is 18.8. The number of hydrogen-bond donors (Lipinski definition) is 0. The number of anilines is 8. The number of benzene rings is 9. The normalized spacial score (nSPS) is 14.9. The van der Waals surface area contributed by atoms with E-state index in [0.29, 0.717) is 0 Å². The molecule has 6 aliphatic heterocycles. The summed E-state index contributed by atoms with van der Waals surface area (Å²) in [6.07, 6.45) is 2.24. The van der Waals surface area contributed by atoms with Gasteiger partial charge in [-0.1, -0.05) is 144 Å². The summed E-state index contributed by atoms with van der Waals surface area (Å²) in [7, 11) is 0. The average Bonchev–Trinajstić information content (AvgIpc) is 0.735. The van der Waals surface area contributed by atoms with Crippen molar-refractivity contribution < 1.29 is 14.2 Å². The number of aryl methyl sites for hydroxylation is 3. The van der Waals surface area contributed by atoms with Crippen LogP contribution >= 0.6 is 11.9 Å². The molecule has 0 radical (unpaired) electrons. The molecule has 0 N–H and O–H groups in total. The fraction of sp³-hybridized carbons (Fsp3) is 0.270. The maximum Gasteiger partial charge on any atom is 0.260 e. The molecule has 6 heterocycles. The lowest BCUT2D eigenvalue weighted by molar-refractivity contribution is 0.463. The highest BCUT2D eigenvalue weighted by Gasteiger charge is 2.50. The van der Waals surface area contributed by atoms with Crippen LogP contribution in [-0.2, 0) is 21.7 Å². The lowest BCUT2D eigenvalue weighted by atomic mass is 9.29. The van der Waals surface area contributed by atoms with Crippen LogP contribution in [0.3, 0.4) is 0 Å². The van der Waals surface area contributed by atoms with Crippen LogP contribution in [0, 0.1) is 20.8 Å². The van der Waals surface area contributed by atoms with Gasteiger partial charge in [0.15, 0.2) is 0 Å². The van der Waals surface area contributed by atoms with Gasteiger partial charge in [-0.15, -0.1) is 0 Å². The van der Waals surface area contributed by atoms with Crippen molar-refractivity contribution in [3.63, 3.8) is 0 Å². The van der Waals surface area contributed by atoms with E-state index in [-0.39, 0.29) is 41.8 Å². The van der Waals surface area contributed by atoms with Crippen LogP contribution in [0.25, 0.3) is 0 Å². The molecule has 416 valence electrons. The van der Waals surface area contributed by atoms with Gasteiger partial charge in [0.25, 0.3) is 20.1 Å². The highest BCUT2D eigenvalue weighted by atomic mass is 32.2. The number of hydrogen-bond acceptors (Lipinski definition) is 7. The van der Waals surface area contributed by atoms with Gasteiger partial charge >= 0.3 is 0 Å². The Balaban J connectivity index is 1.04. The second-order valence-corrected chi connectivity index (χ2v) is 29.6. The van der Waals surface area contributed by atoms with E-state index >= 15 is 0 Å². The molecule has 9 aromatic rings.